The SMILES string of the molecule is CCOC(=O)c1cc2cc(OCCI)c(OCCI)cc2oc1=O. The van der Waals surface area contributed by atoms with E-state index in [9.17, 15) is 9.59 Å². The Morgan fingerprint density at radius 2 is 1.71 bits per heavy atom. The molecule has 0 aliphatic rings. The number of esters is 1. The molecule has 1 aromatic heterocycles. The minimum absolute atomic E-state index is 0.134. The van der Waals surface area contributed by atoms with Gasteiger partial charge < -0.3 is 18.6 Å². The molecule has 6 nitrogen and oxygen atoms in total. The largest absolute Gasteiger partial charge is 0.489 e. The predicted molar refractivity (Wildman–Crippen MR) is 107 cm³/mol. The van der Waals surface area contributed by atoms with Crippen LogP contribution in [0.1, 0.15) is 17.3 Å². The Morgan fingerprint density at radius 3 is 2.29 bits per heavy atom. The minimum Gasteiger partial charge on any atom is -0.489 e. The molecule has 0 fully saturated rings. The van der Waals surface area contributed by atoms with E-state index in [1.807, 2.05) is 0 Å². The van der Waals surface area contributed by atoms with Crippen molar-refractivity contribution in [2.45, 2.75) is 6.92 Å². The Labute approximate surface area is 166 Å². The molecule has 0 aliphatic carbocycles. The summed E-state index contributed by atoms with van der Waals surface area (Å²) in [5, 5.41) is 0.572. The topological polar surface area (TPSA) is 75.0 Å². The van der Waals surface area contributed by atoms with Gasteiger partial charge in [0, 0.05) is 20.3 Å². The number of carbonyl (C=O) groups is 1. The molecule has 0 saturated carbocycles. The number of alkyl halides is 2. The quantitative estimate of drug-likeness (QED) is 0.214. The summed E-state index contributed by atoms with van der Waals surface area (Å²) in [5.41, 5.74) is -0.537. The fraction of sp³-hybridized carbons (Fsp3) is 0.375. The highest BCUT2D eigenvalue weighted by Gasteiger charge is 2.17. The summed E-state index contributed by atoms with van der Waals surface area (Å²) < 4.78 is 23.1. The lowest BCUT2D eigenvalue weighted by atomic mass is 10.1. The number of rotatable bonds is 8. The molecule has 0 N–H and O–H groups in total. The molecular formula is C16H16I2O6. The first-order valence-electron chi connectivity index (χ1n) is 7.27. The third kappa shape index (κ3) is 4.74. The van der Waals surface area contributed by atoms with E-state index in [4.69, 9.17) is 18.6 Å². The second kappa shape index (κ2) is 9.44. The summed E-state index contributed by atoms with van der Waals surface area (Å²) in [5.74, 6) is 0.358. The lowest BCUT2D eigenvalue weighted by Crippen LogP contribution is -2.16. The summed E-state index contributed by atoms with van der Waals surface area (Å²) in [6, 6.07) is 4.77. The fourth-order valence-corrected chi connectivity index (χ4v) is 2.44. The third-order valence-electron chi connectivity index (χ3n) is 2.96. The van der Waals surface area contributed by atoms with E-state index in [2.05, 4.69) is 45.2 Å². The van der Waals surface area contributed by atoms with Crippen molar-refractivity contribution in [3.05, 3.63) is 34.2 Å². The van der Waals surface area contributed by atoms with E-state index in [-0.39, 0.29) is 12.2 Å². The van der Waals surface area contributed by atoms with Crippen molar-refractivity contribution in [2.24, 2.45) is 0 Å². The first-order chi connectivity index (χ1) is 11.6. The molecule has 0 aliphatic heterocycles. The highest BCUT2D eigenvalue weighted by atomic mass is 127. The van der Waals surface area contributed by atoms with Gasteiger partial charge in [0.25, 0.3) is 0 Å². The Morgan fingerprint density at radius 1 is 1.08 bits per heavy atom. The van der Waals surface area contributed by atoms with Gasteiger partial charge in [-0.1, -0.05) is 45.2 Å². The molecule has 0 radical (unpaired) electrons. The van der Waals surface area contributed by atoms with E-state index in [1.165, 1.54) is 6.07 Å². The average Bonchev–Trinajstić information content (AvgIpc) is 2.57. The molecular weight excluding hydrogens is 542 g/mol. The van der Waals surface area contributed by atoms with Crippen LogP contribution in [0.25, 0.3) is 11.0 Å². The van der Waals surface area contributed by atoms with Crippen LogP contribution < -0.4 is 15.1 Å². The average molecular weight is 558 g/mol. The van der Waals surface area contributed by atoms with Crippen LogP contribution >= 0.6 is 45.2 Å². The molecule has 8 heteroatoms. The van der Waals surface area contributed by atoms with Gasteiger partial charge in [0.2, 0.25) is 0 Å². The van der Waals surface area contributed by atoms with Crippen molar-refractivity contribution in [3.8, 4) is 11.5 Å². The lowest BCUT2D eigenvalue weighted by molar-refractivity contribution is 0.0522. The standard InChI is InChI=1S/C16H16I2O6/c1-2-21-15(19)11-7-10-8-13(22-5-3-17)14(23-6-4-18)9-12(10)24-16(11)20/h7-9H,2-6H2,1H3. The number of ether oxygens (including phenoxy) is 3. The molecule has 0 spiro atoms. The molecule has 130 valence electrons. The summed E-state index contributed by atoms with van der Waals surface area (Å²) >= 11 is 4.42. The number of hydrogen-bond donors (Lipinski definition) is 0. The minimum atomic E-state index is -0.735. The summed E-state index contributed by atoms with van der Waals surface area (Å²) in [7, 11) is 0. The van der Waals surface area contributed by atoms with Gasteiger partial charge in [0.1, 0.15) is 11.1 Å². The molecule has 0 unspecified atom stereocenters. The van der Waals surface area contributed by atoms with Crippen LogP contribution in [0.3, 0.4) is 0 Å². The molecule has 2 rings (SSSR count). The van der Waals surface area contributed by atoms with Gasteiger partial charge in [-0.15, -0.1) is 0 Å². The van der Waals surface area contributed by atoms with Crippen LogP contribution in [-0.4, -0.2) is 34.6 Å². The maximum atomic E-state index is 12.0. The van der Waals surface area contributed by atoms with Crippen LogP contribution in [0, 0.1) is 0 Å². The Bertz CT molecular complexity index is 771. The van der Waals surface area contributed by atoms with E-state index < -0.39 is 11.6 Å². The Kier molecular flexibility index (Phi) is 7.59. The summed E-state index contributed by atoms with van der Waals surface area (Å²) in [6.45, 7) is 2.89. The monoisotopic (exact) mass is 558 g/mol. The van der Waals surface area contributed by atoms with Crippen LogP contribution in [-0.2, 0) is 4.74 Å². The summed E-state index contributed by atoms with van der Waals surface area (Å²) in [4.78, 5) is 23.8. The molecule has 0 saturated heterocycles. The van der Waals surface area contributed by atoms with Gasteiger partial charge in [0.05, 0.1) is 19.8 Å². The zero-order valence-corrected chi connectivity index (χ0v) is 17.3. The zero-order valence-electron chi connectivity index (χ0n) is 13.0. The molecule has 0 atom stereocenters. The molecule has 1 heterocycles. The van der Waals surface area contributed by atoms with Gasteiger partial charge in [-0.2, -0.15) is 0 Å². The van der Waals surface area contributed by atoms with E-state index in [1.54, 1.807) is 19.1 Å². The van der Waals surface area contributed by atoms with Gasteiger partial charge in [-0.25, -0.2) is 9.59 Å². The molecule has 24 heavy (non-hydrogen) atoms. The molecule has 0 amide bonds. The second-order valence-electron chi connectivity index (χ2n) is 4.58. The van der Waals surface area contributed by atoms with Crippen molar-refractivity contribution >= 4 is 62.1 Å². The van der Waals surface area contributed by atoms with Crippen LogP contribution in [0.15, 0.2) is 27.4 Å². The van der Waals surface area contributed by atoms with Crippen LogP contribution in [0.5, 0.6) is 11.5 Å². The van der Waals surface area contributed by atoms with Crippen LogP contribution in [0.4, 0.5) is 0 Å². The van der Waals surface area contributed by atoms with Gasteiger partial charge in [-0.05, 0) is 19.1 Å². The van der Waals surface area contributed by atoms with E-state index >= 15 is 0 Å². The lowest BCUT2D eigenvalue weighted by Gasteiger charge is -2.13. The summed E-state index contributed by atoms with van der Waals surface area (Å²) in [6.07, 6.45) is 0. The predicted octanol–water partition coefficient (Wildman–Crippen LogP) is 3.60. The first kappa shape index (κ1) is 19.3. The highest BCUT2D eigenvalue weighted by Crippen LogP contribution is 2.32. The van der Waals surface area contributed by atoms with E-state index in [0.29, 0.717) is 35.7 Å². The fourth-order valence-electron chi connectivity index (χ4n) is 2.00. The van der Waals surface area contributed by atoms with Crippen molar-refractivity contribution in [3.63, 3.8) is 0 Å². The first-order valence-corrected chi connectivity index (χ1v) is 10.3. The number of hydrogen-bond acceptors (Lipinski definition) is 6. The number of benzene rings is 1. The Balaban J connectivity index is 2.50. The van der Waals surface area contributed by atoms with Gasteiger partial charge in [0.15, 0.2) is 11.5 Å². The van der Waals surface area contributed by atoms with Crippen molar-refractivity contribution in [1.29, 1.82) is 0 Å². The number of fused-ring (bicyclic) bond motifs is 1. The van der Waals surface area contributed by atoms with Gasteiger partial charge in [-0.3, -0.25) is 0 Å². The highest BCUT2D eigenvalue weighted by molar-refractivity contribution is 14.1. The number of halogens is 2. The maximum Gasteiger partial charge on any atom is 0.351 e. The molecule has 2 aromatic rings. The third-order valence-corrected chi connectivity index (χ3v) is 3.84. The van der Waals surface area contributed by atoms with Crippen molar-refractivity contribution in [2.75, 3.05) is 28.7 Å². The van der Waals surface area contributed by atoms with Crippen molar-refractivity contribution < 1.29 is 23.4 Å². The normalized spacial score (nSPS) is 10.6. The van der Waals surface area contributed by atoms with Crippen LogP contribution in [0.2, 0.25) is 0 Å². The van der Waals surface area contributed by atoms with Gasteiger partial charge >= 0.3 is 11.6 Å². The van der Waals surface area contributed by atoms with E-state index in [0.717, 1.165) is 8.86 Å². The number of carbonyl (C=O) groups excluding carboxylic acids is 1. The molecule has 1 aromatic carbocycles. The molecule has 0 bridgehead atoms. The smallest absolute Gasteiger partial charge is 0.351 e. The zero-order chi connectivity index (χ0) is 17.5. The Hall–Kier alpha value is -1.04. The maximum absolute atomic E-state index is 12.0. The second-order valence-corrected chi connectivity index (χ2v) is 6.74. The van der Waals surface area contributed by atoms with Crippen molar-refractivity contribution in [1.82, 2.24) is 0 Å².